The first kappa shape index (κ1) is 24.9. The monoisotopic (exact) mass is 488 g/mol. The smallest absolute Gasteiger partial charge is 0.274 e. The number of thioether (sulfide) groups is 1. The molecule has 3 N–H and O–H groups in total. The maximum absolute atomic E-state index is 12.9. The van der Waals surface area contributed by atoms with Crippen molar-refractivity contribution in [2.45, 2.75) is 82.4 Å². The quantitative estimate of drug-likeness (QED) is 0.490. The number of ether oxygens (including phenoxy) is 1. The van der Waals surface area contributed by atoms with Gasteiger partial charge in [-0.05, 0) is 71.6 Å². The third-order valence-corrected chi connectivity index (χ3v) is 8.06. The number of rotatable bonds is 8. The van der Waals surface area contributed by atoms with Crippen LogP contribution in [0, 0.1) is 19.8 Å². The molecule has 1 atom stereocenters. The number of pyridine rings is 1. The Balaban J connectivity index is 1.36. The van der Waals surface area contributed by atoms with Gasteiger partial charge in [0.2, 0.25) is 0 Å². The molecule has 0 bridgehead atoms. The van der Waals surface area contributed by atoms with E-state index < -0.39 is 0 Å². The van der Waals surface area contributed by atoms with Gasteiger partial charge in [-0.15, -0.1) is 16.9 Å². The van der Waals surface area contributed by atoms with Gasteiger partial charge in [-0.2, -0.15) is 0 Å². The summed E-state index contributed by atoms with van der Waals surface area (Å²) in [6, 6.07) is 2.62. The van der Waals surface area contributed by atoms with Crippen molar-refractivity contribution in [1.29, 1.82) is 0 Å². The van der Waals surface area contributed by atoms with Crippen molar-refractivity contribution < 1.29 is 9.53 Å². The van der Waals surface area contributed by atoms with Crippen LogP contribution >= 0.6 is 11.8 Å². The van der Waals surface area contributed by atoms with Gasteiger partial charge < -0.3 is 20.4 Å². The molecule has 1 amide bonds. The van der Waals surface area contributed by atoms with E-state index in [1.54, 1.807) is 0 Å². The predicted octanol–water partition coefficient (Wildman–Crippen LogP) is 2.73. The second kappa shape index (κ2) is 10.2. The fourth-order valence-corrected chi connectivity index (χ4v) is 5.86. The standard InChI is InChI=1S/C24H36N6O3S/c1-14-10-20(34-5)19(22(31)26-14)11-25-23(32)21-16(3)30(29-28-21)15(2)17-6-8-18(9-7-17)27-24(4)12-33-13-24/h10,15,17-18,27H,6-9,11-13H2,1-5H3,(H,25,32)(H,26,31)/t15-,17?,18?/m1/s1. The molecule has 1 saturated carbocycles. The number of aromatic nitrogens is 4. The van der Waals surface area contributed by atoms with Crippen molar-refractivity contribution in [3.05, 3.63) is 39.1 Å². The van der Waals surface area contributed by atoms with Crippen LogP contribution in [0.1, 0.15) is 73.0 Å². The number of carbonyl (C=O) groups excluding carboxylic acids is 1. The number of nitrogens with one attached hydrogen (secondary N) is 3. The molecular formula is C24H36N6O3S. The molecule has 0 spiro atoms. The SMILES string of the molecule is CSc1cc(C)[nH]c(=O)c1CNC(=O)c1nnn([C@H](C)C2CCC(NC3(C)COC3)CC2)c1C. The Morgan fingerprint density at radius 2 is 2.03 bits per heavy atom. The van der Waals surface area contributed by atoms with Crippen molar-refractivity contribution in [1.82, 2.24) is 30.6 Å². The molecule has 3 heterocycles. The molecule has 2 aliphatic rings. The van der Waals surface area contributed by atoms with Crippen LogP contribution in [0.5, 0.6) is 0 Å². The second-order valence-corrected chi connectivity index (χ2v) is 10.9. The van der Waals surface area contributed by atoms with Crippen molar-refractivity contribution in [2.75, 3.05) is 19.5 Å². The molecule has 4 rings (SSSR count). The van der Waals surface area contributed by atoms with Crippen molar-refractivity contribution in [3.8, 4) is 0 Å². The lowest BCUT2D eigenvalue weighted by Gasteiger charge is -2.44. The summed E-state index contributed by atoms with van der Waals surface area (Å²) < 4.78 is 7.25. The highest BCUT2D eigenvalue weighted by atomic mass is 32.2. The van der Waals surface area contributed by atoms with Crippen LogP contribution in [0.25, 0.3) is 0 Å². The number of H-pyrrole nitrogens is 1. The van der Waals surface area contributed by atoms with Crippen LogP contribution in [0.3, 0.4) is 0 Å². The zero-order chi connectivity index (χ0) is 24.5. The first-order chi connectivity index (χ1) is 16.2. The van der Waals surface area contributed by atoms with Gasteiger partial charge in [0.15, 0.2) is 5.69 Å². The number of hydrogen-bond acceptors (Lipinski definition) is 7. The summed E-state index contributed by atoms with van der Waals surface area (Å²) in [4.78, 5) is 28.9. The van der Waals surface area contributed by atoms with Gasteiger partial charge in [-0.1, -0.05) is 5.21 Å². The van der Waals surface area contributed by atoms with Crippen LogP contribution in [-0.4, -0.2) is 56.9 Å². The van der Waals surface area contributed by atoms with Crippen molar-refractivity contribution in [3.63, 3.8) is 0 Å². The molecule has 0 aromatic carbocycles. The van der Waals surface area contributed by atoms with E-state index in [-0.39, 0.29) is 29.6 Å². The molecule has 9 nitrogen and oxygen atoms in total. The Bertz CT molecular complexity index is 1080. The largest absolute Gasteiger partial charge is 0.377 e. The van der Waals surface area contributed by atoms with E-state index in [1.807, 2.05) is 30.9 Å². The molecule has 1 saturated heterocycles. The molecular weight excluding hydrogens is 452 g/mol. The number of amides is 1. The van der Waals surface area contributed by atoms with Crippen LogP contribution in [-0.2, 0) is 11.3 Å². The zero-order valence-electron chi connectivity index (χ0n) is 20.7. The van der Waals surface area contributed by atoms with E-state index in [1.165, 1.54) is 11.8 Å². The minimum Gasteiger partial charge on any atom is -0.377 e. The van der Waals surface area contributed by atoms with Crippen LogP contribution < -0.4 is 16.2 Å². The minimum atomic E-state index is -0.313. The molecule has 34 heavy (non-hydrogen) atoms. The highest BCUT2D eigenvalue weighted by Crippen LogP contribution is 2.34. The Morgan fingerprint density at radius 3 is 2.65 bits per heavy atom. The van der Waals surface area contributed by atoms with Crippen LogP contribution in [0.2, 0.25) is 0 Å². The lowest BCUT2D eigenvalue weighted by atomic mass is 9.81. The summed E-state index contributed by atoms with van der Waals surface area (Å²) in [6.45, 7) is 9.87. The maximum atomic E-state index is 12.9. The van der Waals surface area contributed by atoms with Gasteiger partial charge in [0.25, 0.3) is 11.5 Å². The molecule has 1 aliphatic carbocycles. The van der Waals surface area contributed by atoms with Gasteiger partial charge in [0, 0.05) is 28.7 Å². The average molecular weight is 489 g/mol. The van der Waals surface area contributed by atoms with E-state index in [0.29, 0.717) is 23.2 Å². The summed E-state index contributed by atoms with van der Waals surface area (Å²) in [6.07, 6.45) is 6.42. The fraction of sp³-hybridized carbons (Fsp3) is 0.667. The molecule has 0 radical (unpaired) electrons. The zero-order valence-corrected chi connectivity index (χ0v) is 21.6. The first-order valence-corrected chi connectivity index (χ1v) is 13.3. The average Bonchev–Trinajstić information content (AvgIpc) is 3.18. The molecule has 1 aliphatic heterocycles. The van der Waals surface area contributed by atoms with Gasteiger partial charge in [0.05, 0.1) is 30.5 Å². The molecule has 0 unspecified atom stereocenters. The van der Waals surface area contributed by atoms with Crippen molar-refractivity contribution >= 4 is 17.7 Å². The van der Waals surface area contributed by atoms with E-state index in [0.717, 1.165) is 55.2 Å². The molecule has 2 aromatic rings. The minimum absolute atomic E-state index is 0.133. The number of aryl methyl sites for hydroxylation is 1. The van der Waals surface area contributed by atoms with E-state index in [9.17, 15) is 9.59 Å². The highest BCUT2D eigenvalue weighted by molar-refractivity contribution is 7.98. The lowest BCUT2D eigenvalue weighted by molar-refractivity contribution is -0.0719. The van der Waals surface area contributed by atoms with Crippen LogP contribution in [0.15, 0.2) is 15.8 Å². The molecule has 2 aromatic heterocycles. The number of hydrogen-bond donors (Lipinski definition) is 3. The van der Waals surface area contributed by atoms with E-state index >= 15 is 0 Å². The van der Waals surface area contributed by atoms with Gasteiger partial charge in [-0.25, -0.2) is 4.68 Å². The van der Waals surface area contributed by atoms with E-state index in [2.05, 4.69) is 39.8 Å². The fourth-order valence-electron chi connectivity index (χ4n) is 5.16. The lowest BCUT2D eigenvalue weighted by Crippen LogP contribution is -2.61. The third kappa shape index (κ3) is 5.23. The summed E-state index contributed by atoms with van der Waals surface area (Å²) in [5.74, 6) is 0.182. The van der Waals surface area contributed by atoms with Crippen molar-refractivity contribution in [2.24, 2.45) is 5.92 Å². The normalized spacial score (nSPS) is 22.7. The first-order valence-electron chi connectivity index (χ1n) is 12.0. The molecule has 10 heteroatoms. The van der Waals surface area contributed by atoms with Gasteiger partial charge in [-0.3, -0.25) is 9.59 Å². The number of aromatic amines is 1. The summed E-state index contributed by atoms with van der Waals surface area (Å²) >= 11 is 1.49. The predicted molar refractivity (Wildman–Crippen MR) is 132 cm³/mol. The summed E-state index contributed by atoms with van der Waals surface area (Å²) in [5.41, 5.74) is 2.38. The topological polar surface area (TPSA) is 114 Å². The molecule has 186 valence electrons. The highest BCUT2D eigenvalue weighted by Gasteiger charge is 2.37. The number of carbonyl (C=O) groups is 1. The Labute approximate surface area is 204 Å². The summed E-state index contributed by atoms with van der Waals surface area (Å²) in [7, 11) is 0. The Kier molecular flexibility index (Phi) is 7.49. The van der Waals surface area contributed by atoms with Crippen LogP contribution in [0.4, 0.5) is 0 Å². The van der Waals surface area contributed by atoms with Gasteiger partial charge >= 0.3 is 0 Å². The third-order valence-electron chi connectivity index (χ3n) is 7.25. The number of nitrogens with zero attached hydrogens (tertiary/aromatic N) is 3. The Hall–Kier alpha value is -2.17. The Morgan fingerprint density at radius 1 is 1.32 bits per heavy atom. The van der Waals surface area contributed by atoms with Gasteiger partial charge in [0.1, 0.15) is 0 Å². The second-order valence-electron chi connectivity index (χ2n) is 10.0. The van der Waals surface area contributed by atoms with E-state index in [4.69, 9.17) is 4.74 Å². The maximum Gasteiger partial charge on any atom is 0.274 e. The molecule has 2 fully saturated rings. The summed E-state index contributed by atoms with van der Waals surface area (Å²) in [5, 5.41) is 15.1.